The highest BCUT2D eigenvalue weighted by molar-refractivity contribution is 5.97. The van der Waals surface area contributed by atoms with Crippen molar-refractivity contribution in [3.8, 4) is 5.69 Å². The molecule has 0 aliphatic carbocycles. The molecule has 0 saturated carbocycles. The Labute approximate surface area is 208 Å². The normalized spacial score (nSPS) is 11.3. The van der Waals surface area contributed by atoms with Crippen LogP contribution in [0.1, 0.15) is 57.4 Å². The van der Waals surface area contributed by atoms with E-state index in [-0.39, 0.29) is 23.9 Å². The van der Waals surface area contributed by atoms with Gasteiger partial charge >= 0.3 is 6.03 Å². The van der Waals surface area contributed by atoms with Gasteiger partial charge in [0, 0.05) is 23.7 Å². The smallest absolute Gasteiger partial charge is 0.315 e. The predicted octanol–water partition coefficient (Wildman–Crippen LogP) is 6.06. The number of aryl methyl sites for hydroxylation is 2. The van der Waals surface area contributed by atoms with E-state index in [2.05, 4.69) is 38.3 Å². The van der Waals surface area contributed by atoms with Gasteiger partial charge in [0.1, 0.15) is 12.4 Å². The van der Waals surface area contributed by atoms with E-state index in [1.54, 1.807) is 9.58 Å². The van der Waals surface area contributed by atoms with Gasteiger partial charge in [-0.15, -0.1) is 0 Å². The fourth-order valence-corrected chi connectivity index (χ4v) is 3.71. The minimum Gasteiger partial charge on any atom is -0.315 e. The third-order valence-electron chi connectivity index (χ3n) is 5.77. The van der Waals surface area contributed by atoms with Crippen LogP contribution in [0.15, 0.2) is 54.6 Å². The SMILES string of the molecule is CCCCN(CC(=O)Nc1cc(C(C)(C)C)nn1-c1ccccc1)C(=O)Nc1ccc(C)cc1C. The summed E-state index contributed by atoms with van der Waals surface area (Å²) >= 11 is 0. The van der Waals surface area contributed by atoms with E-state index >= 15 is 0 Å². The number of carbonyl (C=O) groups is 2. The van der Waals surface area contributed by atoms with Crippen LogP contribution in [0.5, 0.6) is 0 Å². The molecule has 2 aromatic carbocycles. The number of amides is 3. The molecule has 1 heterocycles. The maximum atomic E-state index is 13.1. The number of nitrogens with one attached hydrogen (secondary N) is 2. The van der Waals surface area contributed by atoms with Crippen LogP contribution < -0.4 is 10.6 Å². The number of nitrogens with zero attached hydrogens (tertiary/aromatic N) is 3. The van der Waals surface area contributed by atoms with Gasteiger partial charge in [-0.3, -0.25) is 4.79 Å². The summed E-state index contributed by atoms with van der Waals surface area (Å²) in [6, 6.07) is 17.2. The number of hydrogen-bond donors (Lipinski definition) is 2. The Kier molecular flexibility index (Phi) is 8.33. The van der Waals surface area contributed by atoms with E-state index < -0.39 is 0 Å². The second-order valence-corrected chi connectivity index (χ2v) is 9.98. The standard InChI is InChI=1S/C28H37N5O2/c1-7-8-16-32(27(35)29-23-15-14-20(2)17-21(23)3)19-26(34)30-25-18-24(28(4,5)6)31-33(25)22-12-10-9-11-13-22/h9-15,17-18H,7-8,16,19H2,1-6H3,(H,29,35)(H,30,34). The van der Waals surface area contributed by atoms with Gasteiger partial charge in [-0.1, -0.05) is 70.0 Å². The number of urea groups is 1. The molecule has 186 valence electrons. The lowest BCUT2D eigenvalue weighted by atomic mass is 9.92. The highest BCUT2D eigenvalue weighted by Gasteiger charge is 2.23. The van der Waals surface area contributed by atoms with Gasteiger partial charge in [-0.05, 0) is 44.0 Å². The number of rotatable bonds is 8. The Balaban J connectivity index is 1.79. The van der Waals surface area contributed by atoms with E-state index in [1.807, 2.05) is 68.4 Å². The number of carbonyl (C=O) groups excluding carboxylic acids is 2. The van der Waals surface area contributed by atoms with Crippen molar-refractivity contribution in [1.29, 1.82) is 0 Å². The molecule has 0 radical (unpaired) electrons. The lowest BCUT2D eigenvalue weighted by Crippen LogP contribution is -2.41. The molecule has 0 bridgehead atoms. The van der Waals surface area contributed by atoms with E-state index in [4.69, 9.17) is 5.10 Å². The summed E-state index contributed by atoms with van der Waals surface area (Å²) in [6.07, 6.45) is 1.73. The molecular weight excluding hydrogens is 438 g/mol. The van der Waals surface area contributed by atoms with Crippen LogP contribution >= 0.6 is 0 Å². The van der Waals surface area contributed by atoms with Crippen molar-refractivity contribution in [3.05, 3.63) is 71.4 Å². The highest BCUT2D eigenvalue weighted by atomic mass is 16.2. The number of anilines is 2. The van der Waals surface area contributed by atoms with Crippen molar-refractivity contribution in [3.63, 3.8) is 0 Å². The monoisotopic (exact) mass is 475 g/mol. The maximum Gasteiger partial charge on any atom is 0.322 e. The van der Waals surface area contributed by atoms with Gasteiger partial charge < -0.3 is 15.5 Å². The van der Waals surface area contributed by atoms with Gasteiger partial charge in [0.15, 0.2) is 0 Å². The Morgan fingerprint density at radius 3 is 2.34 bits per heavy atom. The molecule has 0 aliphatic rings. The largest absolute Gasteiger partial charge is 0.322 e. The molecule has 35 heavy (non-hydrogen) atoms. The molecule has 0 aliphatic heterocycles. The Hall–Kier alpha value is -3.61. The molecule has 0 saturated heterocycles. The third kappa shape index (κ3) is 6.94. The van der Waals surface area contributed by atoms with Crippen molar-refractivity contribution < 1.29 is 9.59 Å². The molecule has 0 unspecified atom stereocenters. The third-order valence-corrected chi connectivity index (χ3v) is 5.77. The first kappa shape index (κ1) is 26.0. The molecule has 3 rings (SSSR count). The molecule has 0 fully saturated rings. The van der Waals surface area contributed by atoms with Gasteiger partial charge in [0.25, 0.3) is 0 Å². The average molecular weight is 476 g/mol. The van der Waals surface area contributed by atoms with Crippen molar-refractivity contribution >= 4 is 23.4 Å². The molecule has 7 heteroatoms. The van der Waals surface area contributed by atoms with Crippen LogP contribution in [0.25, 0.3) is 5.69 Å². The van der Waals surface area contributed by atoms with Crippen LogP contribution in [0.4, 0.5) is 16.3 Å². The number of unbranched alkanes of at least 4 members (excludes halogenated alkanes) is 1. The molecule has 1 aromatic heterocycles. The number of aromatic nitrogens is 2. The van der Waals surface area contributed by atoms with Crippen LogP contribution in [0.3, 0.4) is 0 Å². The summed E-state index contributed by atoms with van der Waals surface area (Å²) in [5.74, 6) is 0.311. The van der Waals surface area contributed by atoms with Gasteiger partial charge in [0.05, 0.1) is 11.4 Å². The quantitative estimate of drug-likeness (QED) is 0.416. The maximum absolute atomic E-state index is 13.1. The molecular formula is C28H37N5O2. The predicted molar refractivity (Wildman–Crippen MR) is 142 cm³/mol. The Morgan fingerprint density at radius 1 is 1.00 bits per heavy atom. The topological polar surface area (TPSA) is 79.3 Å². The zero-order valence-corrected chi connectivity index (χ0v) is 21.7. The highest BCUT2D eigenvalue weighted by Crippen LogP contribution is 2.26. The first-order valence-corrected chi connectivity index (χ1v) is 12.2. The summed E-state index contributed by atoms with van der Waals surface area (Å²) in [6.45, 7) is 12.7. The summed E-state index contributed by atoms with van der Waals surface area (Å²) in [4.78, 5) is 27.8. The molecule has 0 spiro atoms. The summed E-state index contributed by atoms with van der Waals surface area (Å²) in [7, 11) is 0. The van der Waals surface area contributed by atoms with Crippen molar-refractivity contribution in [2.24, 2.45) is 0 Å². The Morgan fingerprint density at radius 2 is 1.71 bits per heavy atom. The fraction of sp³-hybridized carbons (Fsp3) is 0.393. The van der Waals surface area contributed by atoms with Crippen LogP contribution in [-0.2, 0) is 10.2 Å². The van der Waals surface area contributed by atoms with Crippen molar-refractivity contribution in [2.45, 2.75) is 59.8 Å². The van der Waals surface area contributed by atoms with E-state index in [1.165, 1.54) is 0 Å². The molecule has 0 atom stereocenters. The van der Waals surface area contributed by atoms with E-state index in [9.17, 15) is 9.59 Å². The minimum absolute atomic E-state index is 0.0540. The van der Waals surface area contributed by atoms with E-state index in [0.717, 1.165) is 41.0 Å². The first-order valence-electron chi connectivity index (χ1n) is 12.2. The second kappa shape index (κ2) is 11.2. The average Bonchev–Trinajstić information content (AvgIpc) is 3.23. The van der Waals surface area contributed by atoms with Crippen LogP contribution in [-0.4, -0.2) is 39.7 Å². The van der Waals surface area contributed by atoms with Crippen molar-refractivity contribution in [2.75, 3.05) is 23.7 Å². The van der Waals surface area contributed by atoms with Gasteiger partial charge in [-0.2, -0.15) is 5.10 Å². The van der Waals surface area contributed by atoms with E-state index in [0.29, 0.717) is 12.4 Å². The number of hydrogen-bond acceptors (Lipinski definition) is 3. The zero-order valence-electron chi connectivity index (χ0n) is 21.7. The zero-order chi connectivity index (χ0) is 25.6. The minimum atomic E-state index is -0.285. The Bertz CT molecular complexity index is 1160. The van der Waals surface area contributed by atoms with Crippen LogP contribution in [0.2, 0.25) is 0 Å². The fourth-order valence-electron chi connectivity index (χ4n) is 3.71. The van der Waals surface area contributed by atoms with Gasteiger partial charge in [0.2, 0.25) is 5.91 Å². The number of benzene rings is 2. The molecule has 3 aromatic rings. The summed E-state index contributed by atoms with van der Waals surface area (Å²) in [5, 5.41) is 10.7. The lowest BCUT2D eigenvalue weighted by molar-refractivity contribution is -0.116. The summed E-state index contributed by atoms with van der Waals surface area (Å²) in [5.41, 5.74) is 4.41. The van der Waals surface area contributed by atoms with Gasteiger partial charge in [-0.25, -0.2) is 9.48 Å². The van der Waals surface area contributed by atoms with Crippen LogP contribution in [0, 0.1) is 13.8 Å². The molecule has 3 amide bonds. The first-order chi connectivity index (χ1) is 16.6. The molecule has 7 nitrogen and oxygen atoms in total. The molecule has 2 N–H and O–H groups in total. The lowest BCUT2D eigenvalue weighted by Gasteiger charge is -2.23. The van der Waals surface area contributed by atoms with Crippen molar-refractivity contribution in [1.82, 2.24) is 14.7 Å². The number of para-hydroxylation sites is 1. The second-order valence-electron chi connectivity index (χ2n) is 9.98. The summed E-state index contributed by atoms with van der Waals surface area (Å²) < 4.78 is 1.74.